The molecule has 4 heterocycles. The van der Waals surface area contributed by atoms with Crippen molar-refractivity contribution in [1.82, 2.24) is 35.1 Å². The van der Waals surface area contributed by atoms with Gasteiger partial charge in [0.1, 0.15) is 6.04 Å². The fourth-order valence-electron chi connectivity index (χ4n) is 5.31. The van der Waals surface area contributed by atoms with E-state index < -0.39 is 0 Å². The zero-order valence-electron chi connectivity index (χ0n) is 23.1. The molecule has 1 N–H and O–H groups in total. The third-order valence-electron chi connectivity index (χ3n) is 8.19. The number of hydrogen-bond acceptors (Lipinski definition) is 8. The van der Waals surface area contributed by atoms with Crippen LogP contribution in [0.2, 0.25) is 0 Å². The zero-order chi connectivity index (χ0) is 27.3. The lowest BCUT2D eigenvalue weighted by Crippen LogP contribution is -2.49. The molecule has 39 heavy (non-hydrogen) atoms. The summed E-state index contributed by atoms with van der Waals surface area (Å²) in [5.74, 6) is 0.698. The number of thiazole rings is 1. The molecule has 0 unspecified atom stereocenters. The monoisotopic (exact) mass is 542 g/mol. The summed E-state index contributed by atoms with van der Waals surface area (Å²) in [4.78, 5) is 26.3. The second-order valence-corrected chi connectivity index (χ2v) is 12.1. The molecule has 0 saturated carbocycles. The van der Waals surface area contributed by atoms with Gasteiger partial charge in [-0.05, 0) is 91.4 Å². The molecule has 1 atom stereocenters. The van der Waals surface area contributed by atoms with Crippen molar-refractivity contribution in [3.63, 3.8) is 0 Å². The molecule has 1 fully saturated rings. The van der Waals surface area contributed by atoms with Crippen LogP contribution in [0.25, 0.3) is 21.1 Å². The second-order valence-electron chi connectivity index (χ2n) is 11.1. The molecule has 0 spiro atoms. The van der Waals surface area contributed by atoms with Crippen LogP contribution < -0.4 is 10.5 Å². The minimum atomic E-state index is -0.377. The van der Waals surface area contributed by atoms with Gasteiger partial charge in [-0.2, -0.15) is 0 Å². The number of para-hydroxylation sites is 1. The Morgan fingerprint density at radius 2 is 1.79 bits per heavy atom. The molecule has 9 nitrogen and oxygen atoms in total. The Labute approximate surface area is 231 Å². The molecule has 5 aromatic rings. The van der Waals surface area contributed by atoms with Crippen LogP contribution in [0.3, 0.4) is 0 Å². The average Bonchev–Trinajstić information content (AvgIpc) is 3.59. The van der Waals surface area contributed by atoms with E-state index in [0.29, 0.717) is 11.4 Å². The fourth-order valence-corrected chi connectivity index (χ4v) is 6.33. The Morgan fingerprint density at radius 1 is 1.05 bits per heavy atom. The van der Waals surface area contributed by atoms with Gasteiger partial charge in [0.05, 0.1) is 15.8 Å². The Balaban J connectivity index is 1.40. The summed E-state index contributed by atoms with van der Waals surface area (Å²) in [6.45, 7) is 13.7. The summed E-state index contributed by atoms with van der Waals surface area (Å²) in [7, 11) is 0. The molecule has 1 aliphatic heterocycles. The van der Waals surface area contributed by atoms with E-state index in [1.165, 1.54) is 10.3 Å². The molecule has 202 valence electrons. The molecular formula is C29H34N8OS. The molecule has 2 aromatic carbocycles. The first kappa shape index (κ1) is 25.6. The number of nitrogens with zero attached hydrogens (tertiary/aromatic N) is 7. The van der Waals surface area contributed by atoms with Crippen LogP contribution in [-0.4, -0.2) is 61.3 Å². The number of rotatable bonds is 6. The Morgan fingerprint density at radius 3 is 2.54 bits per heavy atom. The molecule has 3 aromatic heterocycles. The third kappa shape index (κ3) is 4.61. The molecule has 0 radical (unpaired) electrons. The van der Waals surface area contributed by atoms with Crippen LogP contribution >= 0.6 is 11.3 Å². The van der Waals surface area contributed by atoms with Crippen LogP contribution in [0.1, 0.15) is 55.7 Å². The van der Waals surface area contributed by atoms with Gasteiger partial charge >= 0.3 is 0 Å². The van der Waals surface area contributed by atoms with Crippen LogP contribution in [-0.2, 0) is 5.54 Å². The number of pyridine rings is 1. The minimum Gasteiger partial charge on any atom is -0.345 e. The first-order valence-corrected chi connectivity index (χ1v) is 14.3. The van der Waals surface area contributed by atoms with Crippen molar-refractivity contribution < 1.29 is 0 Å². The number of benzene rings is 2. The molecule has 6 rings (SSSR count). The number of aromatic amines is 1. The summed E-state index contributed by atoms with van der Waals surface area (Å²) in [5, 5.41) is 15.1. The minimum absolute atomic E-state index is 0.104. The molecule has 0 amide bonds. The van der Waals surface area contributed by atoms with Gasteiger partial charge in [-0.15, -0.1) is 5.10 Å². The summed E-state index contributed by atoms with van der Waals surface area (Å²) in [6.07, 6.45) is 0.857. The van der Waals surface area contributed by atoms with E-state index in [0.717, 1.165) is 59.7 Å². The number of piperazine rings is 1. The molecule has 0 bridgehead atoms. The van der Waals surface area contributed by atoms with Gasteiger partial charge in [0, 0.05) is 37.3 Å². The number of aryl methyl sites for hydroxylation is 2. The normalized spacial score (nSPS) is 15.9. The van der Waals surface area contributed by atoms with E-state index in [1.807, 2.05) is 22.9 Å². The average molecular weight is 543 g/mol. The van der Waals surface area contributed by atoms with Crippen molar-refractivity contribution in [1.29, 1.82) is 0 Å². The number of aromatic nitrogens is 6. The summed E-state index contributed by atoms with van der Waals surface area (Å²) < 4.78 is 3.10. The Bertz CT molecular complexity index is 1680. The molecule has 1 saturated heterocycles. The standard InChI is InChI=1S/C29H34N8OS/c1-6-29(4,5)37-26(32-33-34-37)25(21-17-20-15-18(2)19(3)16-23(20)30-27(21)38)35-11-13-36(14-12-35)28-31-22-9-7-8-10-24(22)39-28/h7-10,15-17,25H,6,11-14H2,1-5H3,(H,30,38)/t25-/m1/s1. The van der Waals surface area contributed by atoms with Crippen LogP contribution in [0.15, 0.2) is 47.3 Å². The highest BCUT2D eigenvalue weighted by molar-refractivity contribution is 7.22. The van der Waals surface area contributed by atoms with Crippen molar-refractivity contribution in [3.05, 3.63) is 75.3 Å². The lowest BCUT2D eigenvalue weighted by atomic mass is 9.98. The van der Waals surface area contributed by atoms with Crippen LogP contribution in [0.5, 0.6) is 0 Å². The van der Waals surface area contributed by atoms with Crippen molar-refractivity contribution in [2.45, 2.75) is 52.6 Å². The topological polar surface area (TPSA) is 95.8 Å². The predicted molar refractivity (Wildman–Crippen MR) is 157 cm³/mol. The third-order valence-corrected chi connectivity index (χ3v) is 9.29. The van der Waals surface area contributed by atoms with Gasteiger partial charge in [0.25, 0.3) is 5.56 Å². The maximum atomic E-state index is 13.6. The Hall–Kier alpha value is -3.63. The summed E-state index contributed by atoms with van der Waals surface area (Å²) in [5.41, 5.74) is 4.50. The van der Waals surface area contributed by atoms with E-state index in [1.54, 1.807) is 11.3 Å². The maximum absolute atomic E-state index is 13.6. The number of H-pyrrole nitrogens is 1. The van der Waals surface area contributed by atoms with Crippen molar-refractivity contribution in [3.8, 4) is 0 Å². The first-order chi connectivity index (χ1) is 18.7. The van der Waals surface area contributed by atoms with Gasteiger partial charge in [0.2, 0.25) is 0 Å². The summed E-state index contributed by atoms with van der Waals surface area (Å²) in [6, 6.07) is 14.1. The fraction of sp³-hybridized carbons (Fsp3) is 0.414. The van der Waals surface area contributed by atoms with Crippen LogP contribution in [0, 0.1) is 13.8 Å². The van der Waals surface area contributed by atoms with E-state index >= 15 is 0 Å². The van der Waals surface area contributed by atoms with Gasteiger partial charge < -0.3 is 9.88 Å². The van der Waals surface area contributed by atoms with E-state index in [2.05, 4.69) is 89.2 Å². The predicted octanol–water partition coefficient (Wildman–Crippen LogP) is 4.80. The van der Waals surface area contributed by atoms with Crippen molar-refractivity contribution in [2.24, 2.45) is 0 Å². The molecule has 1 aliphatic rings. The number of hydrogen-bond donors (Lipinski definition) is 1. The van der Waals surface area contributed by atoms with Gasteiger partial charge in [-0.3, -0.25) is 9.69 Å². The smallest absolute Gasteiger partial charge is 0.253 e. The van der Waals surface area contributed by atoms with E-state index in [4.69, 9.17) is 4.98 Å². The second kappa shape index (κ2) is 9.84. The quantitative estimate of drug-likeness (QED) is 0.329. The van der Waals surface area contributed by atoms with Crippen molar-refractivity contribution >= 4 is 37.6 Å². The number of fused-ring (bicyclic) bond motifs is 2. The highest BCUT2D eigenvalue weighted by Gasteiger charge is 2.36. The van der Waals surface area contributed by atoms with Gasteiger partial charge in [-0.25, -0.2) is 9.67 Å². The number of nitrogens with one attached hydrogen (secondary N) is 1. The SMILES string of the molecule is CCC(C)(C)n1nnnc1[C@@H](c1cc2cc(C)c(C)cc2[nH]c1=O)N1CCN(c2nc3ccccc3s2)CC1. The lowest BCUT2D eigenvalue weighted by molar-refractivity contribution is 0.186. The molecule has 0 aliphatic carbocycles. The highest BCUT2D eigenvalue weighted by atomic mass is 32.1. The Kier molecular flexibility index (Phi) is 6.47. The van der Waals surface area contributed by atoms with Gasteiger partial charge in [0.15, 0.2) is 11.0 Å². The molecule has 10 heteroatoms. The summed E-state index contributed by atoms with van der Waals surface area (Å²) >= 11 is 1.73. The largest absolute Gasteiger partial charge is 0.345 e. The maximum Gasteiger partial charge on any atom is 0.253 e. The van der Waals surface area contributed by atoms with E-state index in [9.17, 15) is 4.79 Å². The molecular weight excluding hydrogens is 508 g/mol. The van der Waals surface area contributed by atoms with Crippen molar-refractivity contribution in [2.75, 3.05) is 31.1 Å². The van der Waals surface area contributed by atoms with Gasteiger partial charge in [-0.1, -0.05) is 30.4 Å². The number of anilines is 1. The van der Waals surface area contributed by atoms with E-state index in [-0.39, 0.29) is 17.1 Å². The van der Waals surface area contributed by atoms with Crippen LogP contribution in [0.4, 0.5) is 5.13 Å². The lowest BCUT2D eigenvalue weighted by Gasteiger charge is -2.39. The zero-order valence-corrected chi connectivity index (χ0v) is 23.9. The first-order valence-electron chi connectivity index (χ1n) is 13.5. The number of tetrazole rings is 1. The highest BCUT2D eigenvalue weighted by Crippen LogP contribution is 2.34.